The van der Waals surface area contributed by atoms with Gasteiger partial charge in [0.25, 0.3) is 0 Å². The van der Waals surface area contributed by atoms with E-state index in [1.807, 2.05) is 6.92 Å². The van der Waals surface area contributed by atoms with Crippen LogP contribution < -0.4 is 0 Å². The van der Waals surface area contributed by atoms with Crippen molar-refractivity contribution in [2.45, 2.75) is 39.5 Å². The molecule has 0 saturated carbocycles. The first-order valence-electron chi connectivity index (χ1n) is 8.67. The lowest BCUT2D eigenvalue weighted by Crippen LogP contribution is -2.20. The van der Waals surface area contributed by atoms with Gasteiger partial charge in [0.2, 0.25) is 0 Å². The van der Waals surface area contributed by atoms with Gasteiger partial charge in [-0.05, 0) is 56.2 Å². The summed E-state index contributed by atoms with van der Waals surface area (Å²) < 4.78 is 0. The third-order valence-electron chi connectivity index (χ3n) is 5.32. The number of benzene rings is 1. The fraction of sp³-hybridized carbons (Fsp3) is 0.280. The summed E-state index contributed by atoms with van der Waals surface area (Å²) in [6.07, 6.45) is 19.1. The van der Waals surface area contributed by atoms with Crippen LogP contribution in [0.5, 0.6) is 0 Å². The summed E-state index contributed by atoms with van der Waals surface area (Å²) in [4.78, 5) is 0. The van der Waals surface area contributed by atoms with Crippen molar-refractivity contribution in [1.82, 2.24) is 0 Å². The van der Waals surface area contributed by atoms with Crippen molar-refractivity contribution >= 4 is 0 Å². The topological polar surface area (TPSA) is 0 Å². The molecule has 0 unspecified atom stereocenters. The van der Waals surface area contributed by atoms with Crippen LogP contribution in [0.15, 0.2) is 71.9 Å². The second-order valence-corrected chi connectivity index (χ2v) is 6.77. The first-order chi connectivity index (χ1) is 12.0. The zero-order chi connectivity index (χ0) is 18.4. The summed E-state index contributed by atoms with van der Waals surface area (Å²) in [7, 11) is 0. The summed E-state index contributed by atoms with van der Waals surface area (Å²) in [5.74, 6) is 5.74. The van der Waals surface area contributed by atoms with Gasteiger partial charge < -0.3 is 0 Å². The van der Waals surface area contributed by atoms with Crippen LogP contribution in [0.2, 0.25) is 0 Å². The number of allylic oxidation sites excluding steroid dienone is 6. The maximum Gasteiger partial charge on any atom is 0.0598 e. The predicted octanol–water partition coefficient (Wildman–Crippen LogP) is 5.82. The van der Waals surface area contributed by atoms with Gasteiger partial charge in [0.1, 0.15) is 0 Å². The van der Waals surface area contributed by atoms with Crippen molar-refractivity contribution in [3.05, 3.63) is 83.0 Å². The van der Waals surface area contributed by atoms with Gasteiger partial charge in [-0.2, -0.15) is 0 Å². The molecule has 0 aliphatic heterocycles. The lowest BCUT2D eigenvalue weighted by atomic mass is 9.78. The van der Waals surface area contributed by atoms with Gasteiger partial charge in [-0.1, -0.05) is 72.6 Å². The predicted molar refractivity (Wildman–Crippen MR) is 109 cm³/mol. The Morgan fingerprint density at radius 1 is 1.20 bits per heavy atom. The van der Waals surface area contributed by atoms with E-state index in [0.29, 0.717) is 0 Å². The standard InChI is InChI=1S/C25H26/c1-7-22(8-2)21(6)19(4)13-12-14-20(5)25(9-3)17-23-15-10-11-16-24(23)18-25/h1,3,8,10-11,14-16H,2,4,12-13,17-18H2,5-6H3/b20-14+,22-21-. The van der Waals surface area contributed by atoms with E-state index in [1.54, 1.807) is 6.08 Å². The molecular weight excluding hydrogens is 300 g/mol. The molecule has 0 aromatic heterocycles. The summed E-state index contributed by atoms with van der Waals surface area (Å²) in [6, 6.07) is 8.56. The maximum atomic E-state index is 5.96. The minimum Gasteiger partial charge on any atom is -0.119 e. The third kappa shape index (κ3) is 3.87. The number of fused-ring (bicyclic) bond motifs is 1. The Hall–Kier alpha value is -2.70. The molecule has 1 aromatic carbocycles. The molecule has 2 rings (SSSR count). The van der Waals surface area contributed by atoms with Crippen LogP contribution in [-0.2, 0) is 12.8 Å². The summed E-state index contributed by atoms with van der Waals surface area (Å²) in [6.45, 7) is 12.1. The van der Waals surface area contributed by atoms with Crippen LogP contribution in [0, 0.1) is 30.1 Å². The molecule has 126 valence electrons. The van der Waals surface area contributed by atoms with Crippen molar-refractivity contribution in [3.8, 4) is 24.7 Å². The number of rotatable bonds is 6. The van der Waals surface area contributed by atoms with Crippen molar-refractivity contribution in [2.75, 3.05) is 0 Å². The fourth-order valence-corrected chi connectivity index (χ4v) is 3.47. The third-order valence-corrected chi connectivity index (χ3v) is 5.32. The van der Waals surface area contributed by atoms with E-state index in [9.17, 15) is 0 Å². The number of hydrogen-bond acceptors (Lipinski definition) is 0. The highest BCUT2D eigenvalue weighted by atomic mass is 14.4. The van der Waals surface area contributed by atoms with E-state index in [4.69, 9.17) is 12.8 Å². The molecule has 0 radical (unpaired) electrons. The van der Waals surface area contributed by atoms with Crippen molar-refractivity contribution in [2.24, 2.45) is 5.41 Å². The Morgan fingerprint density at radius 3 is 2.28 bits per heavy atom. The van der Waals surface area contributed by atoms with Gasteiger partial charge in [-0.3, -0.25) is 0 Å². The number of hydrogen-bond donors (Lipinski definition) is 0. The lowest BCUT2D eigenvalue weighted by Gasteiger charge is -2.24. The summed E-state index contributed by atoms with van der Waals surface area (Å²) in [5.41, 5.74) is 6.77. The fourth-order valence-electron chi connectivity index (χ4n) is 3.47. The van der Waals surface area contributed by atoms with E-state index in [-0.39, 0.29) is 5.41 Å². The Kier molecular flexibility index (Phi) is 5.90. The second kappa shape index (κ2) is 7.92. The zero-order valence-electron chi connectivity index (χ0n) is 15.4. The van der Waals surface area contributed by atoms with Gasteiger partial charge >= 0.3 is 0 Å². The van der Waals surface area contributed by atoms with Crippen LogP contribution in [0.4, 0.5) is 0 Å². The average Bonchev–Trinajstić information content (AvgIpc) is 3.02. The van der Waals surface area contributed by atoms with Gasteiger partial charge in [0, 0.05) is 5.57 Å². The molecule has 0 N–H and O–H groups in total. The minimum absolute atomic E-state index is 0.180. The van der Waals surface area contributed by atoms with E-state index in [0.717, 1.165) is 42.4 Å². The highest BCUT2D eigenvalue weighted by molar-refractivity contribution is 5.47. The average molecular weight is 326 g/mol. The molecule has 0 nitrogen and oxygen atoms in total. The molecular formula is C25H26. The SMILES string of the molecule is C#C/C(C=C)=C(\C)C(=C)CC/C=C(\C)C1(C#C)Cc2ccccc2C1. The van der Waals surface area contributed by atoms with Gasteiger partial charge in [-0.25, -0.2) is 0 Å². The molecule has 0 atom stereocenters. The van der Waals surface area contributed by atoms with E-state index >= 15 is 0 Å². The largest absolute Gasteiger partial charge is 0.119 e. The monoisotopic (exact) mass is 326 g/mol. The van der Waals surface area contributed by atoms with Gasteiger partial charge in [0.05, 0.1) is 5.41 Å². The molecule has 0 amide bonds. The molecule has 1 aliphatic rings. The van der Waals surface area contributed by atoms with Crippen molar-refractivity contribution in [3.63, 3.8) is 0 Å². The van der Waals surface area contributed by atoms with Gasteiger partial charge in [-0.15, -0.1) is 12.8 Å². The maximum absolute atomic E-state index is 5.96. The molecule has 0 fully saturated rings. The molecule has 1 aromatic rings. The normalized spacial score (nSPS) is 16.2. The lowest BCUT2D eigenvalue weighted by molar-refractivity contribution is 0.512. The Labute approximate surface area is 153 Å². The van der Waals surface area contributed by atoms with Crippen LogP contribution in [0.1, 0.15) is 37.8 Å². The van der Waals surface area contributed by atoms with E-state index in [2.05, 4.69) is 62.3 Å². The summed E-state index contributed by atoms with van der Waals surface area (Å²) >= 11 is 0. The first kappa shape index (κ1) is 18.6. The highest BCUT2D eigenvalue weighted by Gasteiger charge is 2.36. The minimum atomic E-state index is -0.180. The number of terminal acetylenes is 2. The van der Waals surface area contributed by atoms with E-state index < -0.39 is 0 Å². The quantitative estimate of drug-likeness (QED) is 0.351. The molecule has 1 aliphatic carbocycles. The Morgan fingerprint density at radius 2 is 1.80 bits per heavy atom. The van der Waals surface area contributed by atoms with Gasteiger partial charge in [0.15, 0.2) is 0 Å². The smallest absolute Gasteiger partial charge is 0.0598 e. The molecule has 25 heavy (non-hydrogen) atoms. The van der Waals surface area contributed by atoms with E-state index in [1.165, 1.54) is 16.7 Å². The molecule has 0 heteroatoms. The first-order valence-corrected chi connectivity index (χ1v) is 8.67. The van der Waals surface area contributed by atoms with Crippen molar-refractivity contribution < 1.29 is 0 Å². The van der Waals surface area contributed by atoms with Crippen molar-refractivity contribution in [1.29, 1.82) is 0 Å². The van der Waals surface area contributed by atoms with Crippen LogP contribution in [0.25, 0.3) is 0 Å². The summed E-state index contributed by atoms with van der Waals surface area (Å²) in [5, 5.41) is 0. The Balaban J connectivity index is 2.09. The molecule has 0 bridgehead atoms. The van der Waals surface area contributed by atoms with Crippen LogP contribution in [-0.4, -0.2) is 0 Å². The molecule has 0 saturated heterocycles. The highest BCUT2D eigenvalue weighted by Crippen LogP contribution is 2.42. The molecule has 0 spiro atoms. The molecule has 0 heterocycles. The Bertz CT molecular complexity index is 803. The van der Waals surface area contributed by atoms with Crippen LogP contribution >= 0.6 is 0 Å². The zero-order valence-corrected chi connectivity index (χ0v) is 15.4. The van der Waals surface area contributed by atoms with Crippen LogP contribution in [0.3, 0.4) is 0 Å². The second-order valence-electron chi connectivity index (χ2n) is 6.77.